The number of hydrogen-bond donors (Lipinski definition) is 0. The maximum absolute atomic E-state index is 13.7. The van der Waals surface area contributed by atoms with Crippen molar-refractivity contribution >= 4 is 23.0 Å². The number of hydrogen-bond acceptors (Lipinski definition) is 2. The fourth-order valence-electron chi connectivity index (χ4n) is 2.60. The molecular formula is C17H16ClFN2. The van der Waals surface area contributed by atoms with Crippen LogP contribution in [0.4, 0.5) is 10.1 Å². The molecule has 0 amide bonds. The van der Waals surface area contributed by atoms with Crippen LogP contribution in [0.3, 0.4) is 0 Å². The number of halogens is 2. The molecule has 108 valence electrons. The maximum Gasteiger partial charge on any atom is 0.124 e. The van der Waals surface area contributed by atoms with E-state index in [9.17, 15) is 4.39 Å². The van der Waals surface area contributed by atoms with Gasteiger partial charge in [-0.05, 0) is 18.2 Å². The maximum atomic E-state index is 13.7. The van der Waals surface area contributed by atoms with Crippen LogP contribution in [-0.4, -0.2) is 31.2 Å². The summed E-state index contributed by atoms with van der Waals surface area (Å²) >= 11 is 6.05. The Balaban J connectivity index is 2.18. The highest BCUT2D eigenvalue weighted by molar-refractivity contribution is 6.19. The lowest BCUT2D eigenvalue weighted by Gasteiger charge is -2.27. The molecular weight excluding hydrogens is 287 g/mol. The molecule has 2 aromatic rings. The quantitative estimate of drug-likeness (QED) is 0.772. The van der Waals surface area contributed by atoms with Crippen molar-refractivity contribution in [1.82, 2.24) is 0 Å². The Morgan fingerprint density at radius 1 is 1.24 bits per heavy atom. The number of benzene rings is 2. The summed E-state index contributed by atoms with van der Waals surface area (Å²) < 4.78 is 13.7. The first kappa shape index (κ1) is 14.1. The van der Waals surface area contributed by atoms with Crippen molar-refractivity contribution in [3.63, 3.8) is 0 Å². The van der Waals surface area contributed by atoms with Crippen LogP contribution in [0.15, 0.2) is 53.5 Å². The van der Waals surface area contributed by atoms with Crippen molar-refractivity contribution in [2.24, 2.45) is 4.99 Å². The van der Waals surface area contributed by atoms with Gasteiger partial charge in [-0.1, -0.05) is 30.3 Å². The van der Waals surface area contributed by atoms with E-state index in [2.05, 4.69) is 4.90 Å². The monoisotopic (exact) mass is 302 g/mol. The van der Waals surface area contributed by atoms with Gasteiger partial charge in [-0.15, -0.1) is 11.6 Å². The fourth-order valence-corrected chi connectivity index (χ4v) is 2.91. The van der Waals surface area contributed by atoms with Gasteiger partial charge in [-0.25, -0.2) is 4.39 Å². The SMILES string of the molecule is CN1c2ccc(F)cc2C(c2ccccc2)=NCC1CCl. The van der Waals surface area contributed by atoms with Crippen molar-refractivity contribution in [3.8, 4) is 0 Å². The van der Waals surface area contributed by atoms with Gasteiger partial charge in [0.15, 0.2) is 0 Å². The highest BCUT2D eigenvalue weighted by atomic mass is 35.5. The van der Waals surface area contributed by atoms with Crippen LogP contribution in [0.25, 0.3) is 0 Å². The van der Waals surface area contributed by atoms with Crippen LogP contribution in [0.2, 0.25) is 0 Å². The average Bonchev–Trinajstić information content (AvgIpc) is 2.65. The van der Waals surface area contributed by atoms with Crippen molar-refractivity contribution < 1.29 is 4.39 Å². The standard InChI is InChI=1S/C17H16ClFN2/c1-21-14(10-18)11-20-17(12-5-3-2-4-6-12)15-9-13(19)7-8-16(15)21/h2-9,14H,10-11H2,1H3. The minimum absolute atomic E-state index is 0.108. The van der Waals surface area contributed by atoms with Crippen LogP contribution >= 0.6 is 11.6 Å². The molecule has 0 bridgehead atoms. The van der Waals surface area contributed by atoms with Gasteiger partial charge in [0, 0.05) is 29.7 Å². The molecule has 1 heterocycles. The summed E-state index contributed by atoms with van der Waals surface area (Å²) in [7, 11) is 1.98. The third-order valence-corrected chi connectivity index (χ3v) is 4.18. The van der Waals surface area contributed by atoms with E-state index >= 15 is 0 Å². The van der Waals surface area contributed by atoms with E-state index in [1.54, 1.807) is 12.1 Å². The average molecular weight is 303 g/mol. The largest absolute Gasteiger partial charge is 0.368 e. The molecule has 4 heteroatoms. The topological polar surface area (TPSA) is 15.6 Å². The summed E-state index contributed by atoms with van der Waals surface area (Å²) in [4.78, 5) is 6.79. The highest BCUT2D eigenvalue weighted by Gasteiger charge is 2.24. The van der Waals surface area contributed by atoms with Gasteiger partial charge in [0.2, 0.25) is 0 Å². The first-order valence-electron chi connectivity index (χ1n) is 6.89. The van der Waals surface area contributed by atoms with E-state index in [4.69, 9.17) is 16.6 Å². The van der Waals surface area contributed by atoms with Gasteiger partial charge in [-0.2, -0.15) is 0 Å². The molecule has 0 spiro atoms. The molecule has 0 saturated heterocycles. The number of alkyl halides is 1. The van der Waals surface area contributed by atoms with Crippen molar-refractivity contribution in [2.75, 3.05) is 24.4 Å². The lowest BCUT2D eigenvalue weighted by Crippen LogP contribution is -2.35. The third kappa shape index (κ3) is 2.66. The van der Waals surface area contributed by atoms with Crippen molar-refractivity contribution in [1.29, 1.82) is 0 Å². The van der Waals surface area contributed by atoms with Crippen LogP contribution in [0, 0.1) is 5.82 Å². The first-order chi connectivity index (χ1) is 10.2. The predicted molar refractivity (Wildman–Crippen MR) is 86.3 cm³/mol. The predicted octanol–water partition coefficient (Wildman–Crippen LogP) is 3.72. The van der Waals surface area contributed by atoms with Crippen LogP contribution in [0.1, 0.15) is 11.1 Å². The first-order valence-corrected chi connectivity index (χ1v) is 7.42. The van der Waals surface area contributed by atoms with E-state index in [1.807, 2.05) is 37.4 Å². The van der Waals surface area contributed by atoms with Gasteiger partial charge >= 0.3 is 0 Å². The Kier molecular flexibility index (Phi) is 3.93. The number of aliphatic imine (C=N–C) groups is 1. The third-order valence-electron chi connectivity index (χ3n) is 3.83. The summed E-state index contributed by atoms with van der Waals surface area (Å²) in [5, 5.41) is 0. The fraction of sp³-hybridized carbons (Fsp3) is 0.235. The number of nitrogens with zero attached hydrogens (tertiary/aromatic N) is 2. The molecule has 0 aromatic heterocycles. The van der Waals surface area contributed by atoms with Gasteiger partial charge in [0.25, 0.3) is 0 Å². The van der Waals surface area contributed by atoms with E-state index in [-0.39, 0.29) is 11.9 Å². The Morgan fingerprint density at radius 3 is 2.71 bits per heavy atom. The van der Waals surface area contributed by atoms with Gasteiger partial charge in [-0.3, -0.25) is 4.99 Å². The summed E-state index contributed by atoms with van der Waals surface area (Å²) in [6, 6.07) is 14.8. The van der Waals surface area contributed by atoms with Gasteiger partial charge in [0.1, 0.15) is 5.82 Å². The molecule has 0 aliphatic carbocycles. The molecule has 3 rings (SSSR count). The van der Waals surface area contributed by atoms with E-state index in [0.717, 1.165) is 22.5 Å². The Bertz CT molecular complexity index is 670. The van der Waals surface area contributed by atoms with Crippen molar-refractivity contribution in [2.45, 2.75) is 6.04 Å². The molecule has 0 radical (unpaired) electrons. The van der Waals surface area contributed by atoms with Crippen molar-refractivity contribution in [3.05, 3.63) is 65.5 Å². The minimum Gasteiger partial charge on any atom is -0.368 e. The molecule has 0 saturated carbocycles. The number of anilines is 1. The molecule has 21 heavy (non-hydrogen) atoms. The summed E-state index contributed by atoms with van der Waals surface area (Å²) in [6.07, 6.45) is 0. The zero-order valence-electron chi connectivity index (χ0n) is 11.8. The van der Waals surface area contributed by atoms with Gasteiger partial charge in [0.05, 0.1) is 18.3 Å². The molecule has 0 N–H and O–H groups in total. The number of fused-ring (bicyclic) bond motifs is 1. The Morgan fingerprint density at radius 2 is 2.00 bits per heavy atom. The molecule has 0 fully saturated rings. The molecule has 1 atom stereocenters. The molecule has 1 unspecified atom stereocenters. The Hall–Kier alpha value is -1.87. The lowest BCUT2D eigenvalue weighted by molar-refractivity contribution is 0.627. The van der Waals surface area contributed by atoms with Crippen LogP contribution in [-0.2, 0) is 0 Å². The second kappa shape index (κ2) is 5.86. The second-order valence-corrected chi connectivity index (χ2v) is 5.44. The molecule has 2 aromatic carbocycles. The summed E-state index contributed by atoms with van der Waals surface area (Å²) in [5.74, 6) is 0.230. The minimum atomic E-state index is -0.255. The van der Waals surface area contributed by atoms with E-state index < -0.39 is 0 Å². The van der Waals surface area contributed by atoms with Crippen LogP contribution < -0.4 is 4.90 Å². The van der Waals surface area contributed by atoms with E-state index in [0.29, 0.717) is 12.4 Å². The molecule has 2 nitrogen and oxygen atoms in total. The molecule has 1 aliphatic rings. The number of likely N-dealkylation sites (N-methyl/N-ethyl adjacent to an activating group) is 1. The zero-order chi connectivity index (χ0) is 14.8. The van der Waals surface area contributed by atoms with E-state index in [1.165, 1.54) is 6.07 Å². The zero-order valence-corrected chi connectivity index (χ0v) is 12.5. The highest BCUT2D eigenvalue weighted by Crippen LogP contribution is 2.28. The van der Waals surface area contributed by atoms with Crippen LogP contribution in [0.5, 0.6) is 0 Å². The lowest BCUT2D eigenvalue weighted by atomic mass is 10.00. The molecule has 1 aliphatic heterocycles. The normalized spacial score (nSPS) is 18.0. The second-order valence-electron chi connectivity index (χ2n) is 5.14. The van der Waals surface area contributed by atoms with Gasteiger partial charge < -0.3 is 4.90 Å². The number of benzodiazepines with no additional fused rings is 1. The number of rotatable bonds is 2. The Labute approximate surface area is 128 Å². The summed E-state index contributed by atoms with van der Waals surface area (Å²) in [5.41, 5.74) is 3.59. The summed E-state index contributed by atoms with van der Waals surface area (Å²) in [6.45, 7) is 0.598. The smallest absolute Gasteiger partial charge is 0.124 e.